The molecule has 0 fully saturated rings. The number of hydrogen-bond donors (Lipinski definition) is 2. The monoisotopic (exact) mass is 243 g/mol. The van der Waals surface area contributed by atoms with E-state index in [2.05, 4.69) is 38.2 Å². The van der Waals surface area contributed by atoms with Crippen LogP contribution in [0.15, 0.2) is 0 Å². The molecule has 0 rings (SSSR count). The van der Waals surface area contributed by atoms with Crippen LogP contribution in [-0.4, -0.2) is 43.0 Å². The molecule has 0 aromatic heterocycles. The van der Waals surface area contributed by atoms with Gasteiger partial charge in [-0.25, -0.2) is 0 Å². The Hall–Kier alpha value is -0.610. The van der Waals surface area contributed by atoms with E-state index in [0.29, 0.717) is 18.5 Å². The summed E-state index contributed by atoms with van der Waals surface area (Å²) in [6, 6.07) is 0.372. The molecule has 0 aliphatic rings. The molecule has 0 saturated heterocycles. The predicted molar refractivity (Wildman–Crippen MR) is 72.8 cm³/mol. The van der Waals surface area contributed by atoms with Crippen LogP contribution in [0.2, 0.25) is 0 Å². The molecule has 0 heterocycles. The highest BCUT2D eigenvalue weighted by molar-refractivity contribution is 5.85. The second-order valence-corrected chi connectivity index (χ2v) is 5.54. The molecule has 0 spiro atoms. The Balaban J connectivity index is 4.43. The predicted octanol–water partition coefficient (Wildman–Crippen LogP) is 1.21. The summed E-state index contributed by atoms with van der Waals surface area (Å²) < 4.78 is 0. The maximum absolute atomic E-state index is 11.7. The number of likely N-dealkylation sites (N-methyl/N-ethyl adjacent to an activating group) is 1. The molecule has 0 aromatic carbocycles. The van der Waals surface area contributed by atoms with Crippen LogP contribution in [0.3, 0.4) is 0 Å². The molecule has 3 N–H and O–H groups in total. The zero-order chi connectivity index (χ0) is 13.6. The van der Waals surface area contributed by atoms with Crippen LogP contribution in [-0.2, 0) is 4.79 Å². The van der Waals surface area contributed by atoms with Gasteiger partial charge < -0.3 is 16.0 Å². The molecule has 0 radical (unpaired) electrons. The molecule has 0 aliphatic heterocycles. The highest BCUT2D eigenvalue weighted by Crippen LogP contribution is 2.16. The van der Waals surface area contributed by atoms with Crippen molar-refractivity contribution in [3.05, 3.63) is 0 Å². The number of amides is 1. The van der Waals surface area contributed by atoms with E-state index in [1.54, 1.807) is 13.8 Å². The molecular weight excluding hydrogens is 214 g/mol. The quantitative estimate of drug-likeness (QED) is 0.706. The van der Waals surface area contributed by atoms with E-state index in [1.165, 1.54) is 0 Å². The van der Waals surface area contributed by atoms with Crippen LogP contribution in [0.5, 0.6) is 0 Å². The third-order valence-corrected chi connectivity index (χ3v) is 3.31. The van der Waals surface area contributed by atoms with Gasteiger partial charge >= 0.3 is 0 Å². The third-order valence-electron chi connectivity index (χ3n) is 3.31. The summed E-state index contributed by atoms with van der Waals surface area (Å²) in [6.45, 7) is 8.51. The molecule has 0 saturated carbocycles. The van der Waals surface area contributed by atoms with E-state index in [9.17, 15) is 4.79 Å². The molecule has 1 unspecified atom stereocenters. The first-order valence-electron chi connectivity index (χ1n) is 6.47. The number of carbonyl (C=O) groups is 1. The van der Waals surface area contributed by atoms with E-state index in [-0.39, 0.29) is 5.91 Å². The fourth-order valence-corrected chi connectivity index (χ4v) is 2.03. The summed E-state index contributed by atoms with van der Waals surface area (Å²) >= 11 is 0. The van der Waals surface area contributed by atoms with Crippen molar-refractivity contribution < 1.29 is 4.79 Å². The topological polar surface area (TPSA) is 58.4 Å². The Labute approximate surface area is 106 Å². The van der Waals surface area contributed by atoms with Gasteiger partial charge in [0.05, 0.1) is 5.54 Å². The zero-order valence-electron chi connectivity index (χ0n) is 12.2. The Morgan fingerprint density at radius 2 is 1.76 bits per heavy atom. The van der Waals surface area contributed by atoms with Gasteiger partial charge in [0.25, 0.3) is 0 Å². The van der Waals surface area contributed by atoms with Gasteiger partial charge in [-0.1, -0.05) is 26.7 Å². The summed E-state index contributed by atoms with van der Waals surface area (Å²) in [7, 11) is 4.12. The number of nitrogens with two attached hydrogens (primary N) is 1. The van der Waals surface area contributed by atoms with Crippen molar-refractivity contribution in [1.82, 2.24) is 10.2 Å². The number of hydrogen-bond acceptors (Lipinski definition) is 3. The smallest absolute Gasteiger partial charge is 0.239 e. The number of nitrogens with one attached hydrogen (secondary N) is 1. The minimum Gasteiger partial charge on any atom is -0.353 e. The molecule has 0 aromatic rings. The largest absolute Gasteiger partial charge is 0.353 e. The van der Waals surface area contributed by atoms with Crippen molar-refractivity contribution in [2.24, 2.45) is 11.7 Å². The van der Waals surface area contributed by atoms with Crippen molar-refractivity contribution in [3.8, 4) is 0 Å². The normalized spacial score (nSPS) is 14.2. The summed E-state index contributed by atoms with van der Waals surface area (Å²) in [6.07, 6.45) is 2.25. The van der Waals surface area contributed by atoms with E-state index in [1.807, 2.05) is 0 Å². The second-order valence-electron chi connectivity index (χ2n) is 5.54. The van der Waals surface area contributed by atoms with Gasteiger partial charge in [0, 0.05) is 12.6 Å². The van der Waals surface area contributed by atoms with Gasteiger partial charge in [-0.2, -0.15) is 0 Å². The first-order valence-corrected chi connectivity index (χ1v) is 6.47. The average Bonchev–Trinajstić information content (AvgIpc) is 2.21. The lowest BCUT2D eigenvalue weighted by Crippen LogP contribution is -2.53. The van der Waals surface area contributed by atoms with Gasteiger partial charge in [-0.05, 0) is 33.9 Å². The molecule has 102 valence electrons. The number of carbonyl (C=O) groups excluding carboxylic acids is 1. The maximum Gasteiger partial charge on any atom is 0.239 e. The summed E-state index contributed by atoms with van der Waals surface area (Å²) in [5.74, 6) is 0.515. The van der Waals surface area contributed by atoms with Gasteiger partial charge in [-0.15, -0.1) is 0 Å². The molecular formula is C13H29N3O. The Morgan fingerprint density at radius 3 is 2.06 bits per heavy atom. The highest BCUT2D eigenvalue weighted by atomic mass is 16.2. The molecule has 0 bridgehead atoms. The summed E-state index contributed by atoms with van der Waals surface area (Å²) in [4.78, 5) is 13.9. The van der Waals surface area contributed by atoms with Crippen molar-refractivity contribution in [1.29, 1.82) is 0 Å². The second kappa shape index (κ2) is 6.97. The van der Waals surface area contributed by atoms with E-state index >= 15 is 0 Å². The van der Waals surface area contributed by atoms with Crippen molar-refractivity contribution in [2.45, 2.75) is 52.1 Å². The van der Waals surface area contributed by atoms with Gasteiger partial charge in [0.15, 0.2) is 0 Å². The van der Waals surface area contributed by atoms with Crippen LogP contribution in [0.1, 0.15) is 40.5 Å². The van der Waals surface area contributed by atoms with Gasteiger partial charge in [-0.3, -0.25) is 4.79 Å². The minimum atomic E-state index is -0.801. The van der Waals surface area contributed by atoms with Crippen LogP contribution >= 0.6 is 0 Å². The number of rotatable bonds is 7. The molecule has 1 atom stereocenters. The Bertz CT molecular complexity index is 229. The van der Waals surface area contributed by atoms with Crippen molar-refractivity contribution in [3.63, 3.8) is 0 Å². The Kier molecular flexibility index (Phi) is 6.72. The first kappa shape index (κ1) is 16.4. The number of nitrogens with zero attached hydrogens (tertiary/aromatic N) is 1. The van der Waals surface area contributed by atoms with Crippen LogP contribution < -0.4 is 11.1 Å². The maximum atomic E-state index is 11.7. The molecule has 17 heavy (non-hydrogen) atoms. The lowest BCUT2D eigenvalue weighted by molar-refractivity contribution is -0.125. The summed E-state index contributed by atoms with van der Waals surface area (Å²) in [5.41, 5.74) is 4.96. The van der Waals surface area contributed by atoms with E-state index < -0.39 is 5.54 Å². The molecule has 1 amide bonds. The molecule has 0 aliphatic carbocycles. The Morgan fingerprint density at radius 1 is 1.29 bits per heavy atom. The lowest BCUT2D eigenvalue weighted by atomic mass is 9.93. The average molecular weight is 243 g/mol. The summed E-state index contributed by atoms with van der Waals surface area (Å²) in [5, 5.41) is 2.95. The zero-order valence-corrected chi connectivity index (χ0v) is 12.2. The van der Waals surface area contributed by atoms with Crippen molar-refractivity contribution in [2.75, 3.05) is 20.6 Å². The fraction of sp³-hybridized carbons (Fsp3) is 0.923. The molecule has 4 nitrogen and oxygen atoms in total. The fourth-order valence-electron chi connectivity index (χ4n) is 2.03. The van der Waals surface area contributed by atoms with Crippen LogP contribution in [0.25, 0.3) is 0 Å². The SMILES string of the molecule is CCC(CC)C(CNC(=O)C(C)(C)N)N(C)C. The van der Waals surface area contributed by atoms with Crippen LogP contribution in [0.4, 0.5) is 0 Å². The lowest BCUT2D eigenvalue weighted by Gasteiger charge is -2.32. The third kappa shape index (κ3) is 5.50. The van der Waals surface area contributed by atoms with Crippen LogP contribution in [0, 0.1) is 5.92 Å². The van der Waals surface area contributed by atoms with E-state index in [4.69, 9.17) is 5.73 Å². The minimum absolute atomic E-state index is 0.0877. The first-order chi connectivity index (χ1) is 7.73. The van der Waals surface area contributed by atoms with Gasteiger partial charge in [0.1, 0.15) is 0 Å². The standard InChI is InChI=1S/C13H29N3O/c1-7-10(8-2)11(16(5)6)9-15-12(17)13(3,4)14/h10-11H,7-9,14H2,1-6H3,(H,15,17). The molecule has 4 heteroatoms. The van der Waals surface area contributed by atoms with Gasteiger partial charge in [0.2, 0.25) is 5.91 Å². The van der Waals surface area contributed by atoms with E-state index in [0.717, 1.165) is 12.8 Å². The van der Waals surface area contributed by atoms with Crippen molar-refractivity contribution >= 4 is 5.91 Å². The highest BCUT2D eigenvalue weighted by Gasteiger charge is 2.25.